The third kappa shape index (κ3) is 3.78. The lowest BCUT2D eigenvalue weighted by Gasteiger charge is -2.29. The highest BCUT2D eigenvalue weighted by Gasteiger charge is 2.25. The minimum absolute atomic E-state index is 0.353. The number of rotatable bonds is 5. The molecule has 0 amide bonds. The first-order chi connectivity index (χ1) is 13.8. The highest BCUT2D eigenvalue weighted by Crippen LogP contribution is 2.31. The summed E-state index contributed by atoms with van der Waals surface area (Å²) in [5.41, 5.74) is 3.36. The van der Waals surface area contributed by atoms with Crippen LogP contribution in [0.1, 0.15) is 30.3 Å². The smallest absolute Gasteiger partial charge is 0.248 e. The molecule has 0 aliphatic carbocycles. The number of thiophene rings is 1. The van der Waals surface area contributed by atoms with Crippen molar-refractivity contribution in [2.24, 2.45) is 0 Å². The van der Waals surface area contributed by atoms with E-state index < -0.39 is 0 Å². The van der Waals surface area contributed by atoms with E-state index in [1.165, 1.54) is 5.56 Å². The number of thiazole rings is 1. The summed E-state index contributed by atoms with van der Waals surface area (Å²) in [7, 11) is 0. The van der Waals surface area contributed by atoms with E-state index in [2.05, 4.69) is 44.7 Å². The molecule has 1 saturated heterocycles. The van der Waals surface area contributed by atoms with Gasteiger partial charge in [0.2, 0.25) is 11.8 Å². The number of hydrogen-bond acceptors (Lipinski definition) is 7. The third-order valence-electron chi connectivity index (χ3n) is 5.10. The van der Waals surface area contributed by atoms with Gasteiger partial charge in [0.15, 0.2) is 0 Å². The van der Waals surface area contributed by atoms with Gasteiger partial charge in [-0.15, -0.1) is 21.5 Å². The molecule has 0 unspecified atom stereocenters. The van der Waals surface area contributed by atoms with Crippen LogP contribution in [-0.4, -0.2) is 33.2 Å². The average Bonchev–Trinajstić information content (AvgIpc) is 3.50. The van der Waals surface area contributed by atoms with Crippen molar-refractivity contribution in [1.82, 2.24) is 20.1 Å². The fraction of sp³-hybridized carbons (Fsp3) is 0.286. The molecule has 3 aromatic heterocycles. The Kier molecular flexibility index (Phi) is 5.03. The van der Waals surface area contributed by atoms with Crippen LogP contribution in [0.3, 0.4) is 0 Å². The number of piperidine rings is 1. The normalized spacial score (nSPS) is 15.9. The van der Waals surface area contributed by atoms with Crippen LogP contribution < -0.4 is 0 Å². The summed E-state index contributed by atoms with van der Waals surface area (Å²) in [5, 5.41) is 15.9. The molecule has 0 atom stereocenters. The Morgan fingerprint density at radius 3 is 2.64 bits per heavy atom. The van der Waals surface area contributed by atoms with E-state index >= 15 is 0 Å². The Morgan fingerprint density at radius 1 is 1.00 bits per heavy atom. The number of hydrogen-bond donors (Lipinski definition) is 0. The lowest BCUT2D eigenvalue weighted by molar-refractivity contribution is 0.191. The highest BCUT2D eigenvalue weighted by atomic mass is 32.1. The molecule has 0 radical (unpaired) electrons. The number of nitrogens with zero attached hydrogens (tertiary/aromatic N) is 4. The predicted molar refractivity (Wildman–Crippen MR) is 112 cm³/mol. The van der Waals surface area contributed by atoms with Gasteiger partial charge < -0.3 is 4.42 Å². The molecule has 1 aliphatic rings. The lowest BCUT2D eigenvalue weighted by atomic mass is 9.97. The van der Waals surface area contributed by atoms with Gasteiger partial charge in [-0.2, -0.15) is 11.3 Å². The minimum atomic E-state index is 0.353. The van der Waals surface area contributed by atoms with Gasteiger partial charge in [0, 0.05) is 34.3 Å². The van der Waals surface area contributed by atoms with Crippen LogP contribution in [0.25, 0.3) is 22.0 Å². The van der Waals surface area contributed by atoms with Gasteiger partial charge in [0.05, 0.1) is 5.69 Å². The maximum Gasteiger partial charge on any atom is 0.248 e. The molecule has 0 saturated carbocycles. The molecular weight excluding hydrogens is 388 g/mol. The summed E-state index contributed by atoms with van der Waals surface area (Å²) >= 11 is 3.36. The van der Waals surface area contributed by atoms with Crippen LogP contribution in [0.5, 0.6) is 0 Å². The summed E-state index contributed by atoms with van der Waals surface area (Å²) in [4.78, 5) is 7.29. The first-order valence-electron chi connectivity index (χ1n) is 9.43. The molecule has 1 aromatic carbocycles. The van der Waals surface area contributed by atoms with Crippen molar-refractivity contribution in [3.8, 4) is 22.0 Å². The van der Waals surface area contributed by atoms with Gasteiger partial charge in [-0.1, -0.05) is 30.3 Å². The van der Waals surface area contributed by atoms with Crippen LogP contribution >= 0.6 is 22.7 Å². The van der Waals surface area contributed by atoms with E-state index in [0.29, 0.717) is 11.8 Å². The summed E-state index contributed by atoms with van der Waals surface area (Å²) < 4.78 is 5.93. The Labute approximate surface area is 171 Å². The molecule has 142 valence electrons. The first-order valence-corrected chi connectivity index (χ1v) is 11.3. The van der Waals surface area contributed by atoms with E-state index in [-0.39, 0.29) is 0 Å². The van der Waals surface area contributed by atoms with Crippen molar-refractivity contribution in [3.63, 3.8) is 0 Å². The minimum Gasteiger partial charge on any atom is -0.420 e. The second-order valence-electron chi connectivity index (χ2n) is 7.02. The zero-order valence-electron chi connectivity index (χ0n) is 15.3. The van der Waals surface area contributed by atoms with Gasteiger partial charge in [0.25, 0.3) is 0 Å². The molecule has 5 nitrogen and oxygen atoms in total. The second-order valence-corrected chi connectivity index (χ2v) is 8.66. The Balaban J connectivity index is 1.18. The summed E-state index contributed by atoms with van der Waals surface area (Å²) in [5.74, 6) is 1.77. The van der Waals surface area contributed by atoms with Crippen molar-refractivity contribution < 1.29 is 4.42 Å². The second kappa shape index (κ2) is 7.95. The molecule has 28 heavy (non-hydrogen) atoms. The molecule has 1 aliphatic heterocycles. The molecule has 0 N–H and O–H groups in total. The third-order valence-corrected chi connectivity index (χ3v) is 6.73. The van der Waals surface area contributed by atoms with Crippen molar-refractivity contribution in [1.29, 1.82) is 0 Å². The number of aromatic nitrogens is 3. The van der Waals surface area contributed by atoms with E-state index in [1.54, 1.807) is 22.7 Å². The van der Waals surface area contributed by atoms with Crippen molar-refractivity contribution in [3.05, 3.63) is 64.1 Å². The molecule has 4 aromatic rings. The molecular formula is C21H20N4OS2. The standard InChI is InChI=1S/C21H20N4OS2/c1-2-4-16(5-3-1)21-22-18(14-28-21)12-25-9-6-15(7-10-25)19-23-24-20(26-19)17-8-11-27-13-17/h1-5,8,11,13-15H,6-7,9-10,12H2. The summed E-state index contributed by atoms with van der Waals surface area (Å²) in [6.45, 7) is 2.96. The van der Waals surface area contributed by atoms with Gasteiger partial charge >= 0.3 is 0 Å². The zero-order valence-corrected chi connectivity index (χ0v) is 17.0. The quantitative estimate of drug-likeness (QED) is 0.448. The fourth-order valence-corrected chi connectivity index (χ4v) is 5.01. The van der Waals surface area contributed by atoms with Crippen molar-refractivity contribution >= 4 is 22.7 Å². The van der Waals surface area contributed by atoms with Crippen LogP contribution in [0.2, 0.25) is 0 Å². The lowest BCUT2D eigenvalue weighted by Crippen LogP contribution is -2.32. The van der Waals surface area contributed by atoms with E-state index in [1.807, 2.05) is 22.9 Å². The van der Waals surface area contributed by atoms with Crippen LogP contribution in [0.4, 0.5) is 0 Å². The average molecular weight is 409 g/mol. The van der Waals surface area contributed by atoms with Gasteiger partial charge in [-0.25, -0.2) is 4.98 Å². The van der Waals surface area contributed by atoms with Gasteiger partial charge in [0.1, 0.15) is 5.01 Å². The van der Waals surface area contributed by atoms with Gasteiger partial charge in [-0.05, 0) is 37.4 Å². The first kappa shape index (κ1) is 17.7. The summed E-state index contributed by atoms with van der Waals surface area (Å²) in [6, 6.07) is 12.4. The molecule has 1 fully saturated rings. The topological polar surface area (TPSA) is 55.1 Å². The Morgan fingerprint density at radius 2 is 1.86 bits per heavy atom. The maximum atomic E-state index is 5.93. The molecule has 0 spiro atoms. The SMILES string of the molecule is c1ccc(-c2nc(CN3CCC(c4nnc(-c5ccsc5)o4)CC3)cs2)cc1. The monoisotopic (exact) mass is 408 g/mol. The van der Waals surface area contributed by atoms with Crippen LogP contribution in [0, 0.1) is 0 Å². The van der Waals surface area contributed by atoms with Crippen LogP contribution in [0.15, 0.2) is 57.0 Å². The molecule has 7 heteroatoms. The maximum absolute atomic E-state index is 5.93. The number of likely N-dealkylation sites (tertiary alicyclic amines) is 1. The molecule has 0 bridgehead atoms. The predicted octanol–water partition coefficient (Wildman–Crippen LogP) is 5.30. The summed E-state index contributed by atoms with van der Waals surface area (Å²) in [6.07, 6.45) is 2.09. The van der Waals surface area contributed by atoms with Crippen molar-refractivity contribution in [2.75, 3.05) is 13.1 Å². The molecule has 5 rings (SSSR count). The van der Waals surface area contributed by atoms with E-state index in [0.717, 1.165) is 54.6 Å². The van der Waals surface area contributed by atoms with Gasteiger partial charge in [-0.3, -0.25) is 4.90 Å². The fourth-order valence-electron chi connectivity index (χ4n) is 3.56. The largest absolute Gasteiger partial charge is 0.420 e. The highest BCUT2D eigenvalue weighted by molar-refractivity contribution is 7.13. The molecule has 4 heterocycles. The van der Waals surface area contributed by atoms with Crippen LogP contribution in [-0.2, 0) is 6.54 Å². The van der Waals surface area contributed by atoms with Crippen molar-refractivity contribution in [2.45, 2.75) is 25.3 Å². The Bertz CT molecular complexity index is 1020. The zero-order chi connectivity index (χ0) is 18.8. The van der Waals surface area contributed by atoms with E-state index in [9.17, 15) is 0 Å². The number of benzene rings is 1. The Hall–Kier alpha value is -2.35. The van der Waals surface area contributed by atoms with E-state index in [4.69, 9.17) is 9.40 Å².